The van der Waals surface area contributed by atoms with Crippen LogP contribution in [-0.4, -0.2) is 10.3 Å². The molecule has 0 fully saturated rings. The molecule has 1 heterocycles. The Hall–Kier alpha value is -1.13. The van der Waals surface area contributed by atoms with Crippen molar-refractivity contribution >= 4 is 38.5 Å². The minimum Gasteiger partial charge on any atom is -0.375 e. The van der Waals surface area contributed by atoms with E-state index in [1.165, 1.54) is 16.9 Å². The molecule has 0 saturated carbocycles. The Morgan fingerprint density at radius 1 is 1.35 bits per heavy atom. The molecule has 88 valence electrons. The van der Waals surface area contributed by atoms with Crippen molar-refractivity contribution in [2.75, 3.05) is 11.1 Å². The highest BCUT2D eigenvalue weighted by Crippen LogP contribution is 2.28. The summed E-state index contributed by atoms with van der Waals surface area (Å²) in [7, 11) is 0. The lowest BCUT2D eigenvalue weighted by molar-refractivity contribution is 1.38. The van der Waals surface area contributed by atoms with Crippen LogP contribution in [0.1, 0.15) is 10.4 Å². The fourth-order valence-electron chi connectivity index (χ4n) is 1.62. The van der Waals surface area contributed by atoms with Crippen LogP contribution < -0.4 is 5.73 Å². The van der Waals surface area contributed by atoms with E-state index >= 15 is 0 Å². The van der Waals surface area contributed by atoms with Gasteiger partial charge in [0.25, 0.3) is 0 Å². The second-order valence-corrected chi connectivity index (χ2v) is 5.52. The number of nitrogen functional groups attached to an aromatic ring is 1. The average molecular weight is 309 g/mol. The van der Waals surface area contributed by atoms with Gasteiger partial charge in [0.2, 0.25) is 0 Å². The highest BCUT2D eigenvalue weighted by Gasteiger charge is 2.07. The number of anilines is 1. The molecule has 4 heteroatoms. The van der Waals surface area contributed by atoms with E-state index in [2.05, 4.69) is 57.3 Å². The van der Waals surface area contributed by atoms with E-state index in [0.29, 0.717) is 5.13 Å². The van der Waals surface area contributed by atoms with Crippen LogP contribution in [0.25, 0.3) is 17.3 Å². The smallest absolute Gasteiger partial charge is 0.180 e. The quantitative estimate of drug-likeness (QED) is 0.867. The van der Waals surface area contributed by atoms with Gasteiger partial charge in [0.05, 0.1) is 5.69 Å². The third-order valence-electron chi connectivity index (χ3n) is 2.40. The number of rotatable bonds is 3. The molecule has 0 radical (unpaired) electrons. The zero-order valence-corrected chi connectivity index (χ0v) is 11.9. The molecule has 2 aromatic rings. The normalized spacial score (nSPS) is 11.2. The van der Waals surface area contributed by atoms with Crippen LogP contribution in [0.5, 0.6) is 0 Å². The summed E-state index contributed by atoms with van der Waals surface area (Å²) in [4.78, 5) is 5.50. The SMILES string of the molecule is Cc1sc(N)nc1-c1ccc(C=CCBr)cc1. The Kier molecular flexibility index (Phi) is 3.97. The second kappa shape index (κ2) is 5.47. The molecule has 0 amide bonds. The maximum absolute atomic E-state index is 5.70. The Labute approximate surface area is 113 Å². The predicted molar refractivity (Wildman–Crippen MR) is 79.5 cm³/mol. The highest BCUT2D eigenvalue weighted by molar-refractivity contribution is 9.09. The molecule has 1 aromatic carbocycles. The van der Waals surface area contributed by atoms with Crippen molar-refractivity contribution in [3.63, 3.8) is 0 Å². The first-order valence-electron chi connectivity index (χ1n) is 5.26. The van der Waals surface area contributed by atoms with Crippen molar-refractivity contribution < 1.29 is 0 Å². The molecule has 0 aliphatic carbocycles. The van der Waals surface area contributed by atoms with Gasteiger partial charge < -0.3 is 5.73 Å². The first-order valence-corrected chi connectivity index (χ1v) is 7.20. The number of alkyl halides is 1. The van der Waals surface area contributed by atoms with Gasteiger partial charge in [-0.05, 0) is 12.5 Å². The van der Waals surface area contributed by atoms with E-state index < -0.39 is 0 Å². The van der Waals surface area contributed by atoms with Crippen LogP contribution in [0.15, 0.2) is 30.3 Å². The fraction of sp³-hybridized carbons (Fsp3) is 0.154. The van der Waals surface area contributed by atoms with Gasteiger partial charge in [-0.3, -0.25) is 0 Å². The first-order chi connectivity index (χ1) is 8.20. The molecule has 0 unspecified atom stereocenters. The molecule has 1 aromatic heterocycles. The van der Waals surface area contributed by atoms with E-state index in [1.54, 1.807) is 0 Å². The fourth-order valence-corrected chi connectivity index (χ4v) is 2.52. The van der Waals surface area contributed by atoms with Gasteiger partial charge in [-0.1, -0.05) is 52.3 Å². The lowest BCUT2D eigenvalue weighted by atomic mass is 10.1. The van der Waals surface area contributed by atoms with Gasteiger partial charge in [-0.25, -0.2) is 4.98 Å². The molecular weight excluding hydrogens is 296 g/mol. The summed E-state index contributed by atoms with van der Waals surface area (Å²) in [6.45, 7) is 2.04. The number of nitrogens with two attached hydrogens (primary N) is 1. The Morgan fingerprint density at radius 3 is 2.59 bits per heavy atom. The number of aromatic nitrogens is 1. The molecule has 0 spiro atoms. The number of thiazole rings is 1. The molecule has 2 rings (SSSR count). The minimum absolute atomic E-state index is 0.626. The summed E-state index contributed by atoms with van der Waals surface area (Å²) in [5, 5.41) is 1.50. The molecule has 0 bridgehead atoms. The predicted octanol–water partition coefficient (Wildman–Crippen LogP) is 4.11. The maximum atomic E-state index is 5.70. The molecule has 0 aliphatic rings. The van der Waals surface area contributed by atoms with E-state index in [0.717, 1.165) is 21.5 Å². The monoisotopic (exact) mass is 308 g/mol. The highest BCUT2D eigenvalue weighted by atomic mass is 79.9. The summed E-state index contributed by atoms with van der Waals surface area (Å²) < 4.78 is 0. The van der Waals surface area contributed by atoms with Gasteiger partial charge in [0.15, 0.2) is 5.13 Å². The number of hydrogen-bond acceptors (Lipinski definition) is 3. The molecule has 0 saturated heterocycles. The lowest BCUT2D eigenvalue weighted by Gasteiger charge is -1.99. The third-order valence-corrected chi connectivity index (χ3v) is 3.57. The number of halogens is 1. The van der Waals surface area contributed by atoms with Crippen molar-refractivity contribution in [3.05, 3.63) is 40.8 Å². The van der Waals surface area contributed by atoms with Crippen LogP contribution in [0.4, 0.5) is 5.13 Å². The van der Waals surface area contributed by atoms with Gasteiger partial charge in [0.1, 0.15) is 0 Å². The zero-order chi connectivity index (χ0) is 12.3. The van der Waals surface area contributed by atoms with Gasteiger partial charge >= 0.3 is 0 Å². The van der Waals surface area contributed by atoms with E-state index in [-0.39, 0.29) is 0 Å². The number of nitrogens with zero attached hydrogens (tertiary/aromatic N) is 1. The Bertz CT molecular complexity index is 529. The first kappa shape index (κ1) is 12.3. The number of allylic oxidation sites excluding steroid dienone is 1. The van der Waals surface area contributed by atoms with Crippen LogP contribution >= 0.6 is 27.3 Å². The van der Waals surface area contributed by atoms with Crippen molar-refractivity contribution in [2.45, 2.75) is 6.92 Å². The molecular formula is C13H13BrN2S. The van der Waals surface area contributed by atoms with Crippen LogP contribution in [-0.2, 0) is 0 Å². The topological polar surface area (TPSA) is 38.9 Å². The summed E-state index contributed by atoms with van der Waals surface area (Å²) >= 11 is 4.89. The summed E-state index contributed by atoms with van der Waals surface area (Å²) in [6.07, 6.45) is 4.15. The standard InChI is InChI=1S/C13H13BrN2S/c1-9-12(16-13(15)17-9)11-6-4-10(5-7-11)3-2-8-14/h2-7H,8H2,1H3,(H2,15,16). The Balaban J connectivity index is 2.29. The van der Waals surface area contributed by atoms with E-state index in [4.69, 9.17) is 5.73 Å². The summed E-state index contributed by atoms with van der Waals surface area (Å²) in [6, 6.07) is 8.33. The molecule has 2 N–H and O–H groups in total. The minimum atomic E-state index is 0.626. The number of aryl methyl sites for hydroxylation is 1. The Morgan fingerprint density at radius 2 is 2.06 bits per heavy atom. The average Bonchev–Trinajstić information content (AvgIpc) is 2.66. The lowest BCUT2D eigenvalue weighted by Crippen LogP contribution is -1.84. The van der Waals surface area contributed by atoms with Crippen molar-refractivity contribution in [3.8, 4) is 11.3 Å². The largest absolute Gasteiger partial charge is 0.375 e. The van der Waals surface area contributed by atoms with Crippen molar-refractivity contribution in [1.82, 2.24) is 4.98 Å². The van der Waals surface area contributed by atoms with E-state index in [1.807, 2.05) is 6.92 Å². The van der Waals surface area contributed by atoms with Crippen LogP contribution in [0.2, 0.25) is 0 Å². The van der Waals surface area contributed by atoms with Crippen LogP contribution in [0.3, 0.4) is 0 Å². The second-order valence-electron chi connectivity index (χ2n) is 3.64. The zero-order valence-electron chi connectivity index (χ0n) is 9.48. The maximum Gasteiger partial charge on any atom is 0.180 e. The number of benzene rings is 1. The van der Waals surface area contributed by atoms with Gasteiger partial charge in [-0.15, -0.1) is 11.3 Å². The van der Waals surface area contributed by atoms with Gasteiger partial charge in [-0.2, -0.15) is 0 Å². The molecule has 0 aliphatic heterocycles. The molecule has 2 nitrogen and oxygen atoms in total. The van der Waals surface area contributed by atoms with E-state index in [9.17, 15) is 0 Å². The van der Waals surface area contributed by atoms with Crippen LogP contribution in [0, 0.1) is 6.92 Å². The molecule has 0 atom stereocenters. The third kappa shape index (κ3) is 2.96. The van der Waals surface area contributed by atoms with Gasteiger partial charge in [0, 0.05) is 15.8 Å². The van der Waals surface area contributed by atoms with Crippen molar-refractivity contribution in [2.24, 2.45) is 0 Å². The number of hydrogen-bond donors (Lipinski definition) is 1. The molecule has 17 heavy (non-hydrogen) atoms. The summed E-state index contributed by atoms with van der Waals surface area (Å²) in [5.74, 6) is 0. The van der Waals surface area contributed by atoms with Crippen molar-refractivity contribution in [1.29, 1.82) is 0 Å². The summed E-state index contributed by atoms with van der Waals surface area (Å²) in [5.41, 5.74) is 9.00.